The van der Waals surface area contributed by atoms with Gasteiger partial charge in [0, 0.05) is 36.8 Å². The molecule has 0 spiro atoms. The zero-order valence-corrected chi connectivity index (χ0v) is 14.1. The zero-order valence-electron chi connectivity index (χ0n) is 13.3. The highest BCUT2D eigenvalue weighted by Gasteiger charge is 2.23. The Bertz CT molecular complexity index is 643. The van der Waals surface area contributed by atoms with Crippen LogP contribution in [0.15, 0.2) is 35.7 Å². The van der Waals surface area contributed by atoms with E-state index >= 15 is 0 Å². The fourth-order valence-corrected chi connectivity index (χ4v) is 3.52. The van der Waals surface area contributed by atoms with Crippen LogP contribution in [0.1, 0.15) is 22.7 Å². The smallest absolute Gasteiger partial charge is 0.315 e. The molecule has 23 heavy (non-hydrogen) atoms. The summed E-state index contributed by atoms with van der Waals surface area (Å²) in [6, 6.07) is 10.6. The van der Waals surface area contributed by atoms with Crippen LogP contribution in [0, 0.1) is 6.92 Å². The van der Waals surface area contributed by atoms with Gasteiger partial charge in [0.05, 0.1) is 6.54 Å². The molecule has 3 rings (SSSR count). The molecule has 2 heterocycles. The Morgan fingerprint density at radius 1 is 1.39 bits per heavy atom. The summed E-state index contributed by atoms with van der Waals surface area (Å²) >= 11 is 1.57. The van der Waals surface area contributed by atoms with E-state index in [1.807, 2.05) is 18.4 Å². The molecule has 1 atom stereocenters. The molecule has 0 unspecified atom stereocenters. The lowest BCUT2D eigenvalue weighted by Gasteiger charge is -2.17. The van der Waals surface area contributed by atoms with Gasteiger partial charge in [0.15, 0.2) is 0 Å². The Balaban J connectivity index is 1.40. The quantitative estimate of drug-likeness (QED) is 0.886. The topological polar surface area (TPSA) is 57.3 Å². The van der Waals surface area contributed by atoms with Crippen molar-refractivity contribution in [2.24, 2.45) is 0 Å². The Morgan fingerprint density at radius 3 is 2.96 bits per heavy atom. The minimum atomic E-state index is -0.107. The largest absolute Gasteiger partial charge is 0.334 e. The van der Waals surface area contributed by atoms with Crippen molar-refractivity contribution in [2.75, 3.05) is 13.1 Å². The van der Waals surface area contributed by atoms with Gasteiger partial charge in [-0.25, -0.2) is 9.78 Å². The highest BCUT2D eigenvalue weighted by Crippen LogP contribution is 2.13. The van der Waals surface area contributed by atoms with Gasteiger partial charge < -0.3 is 10.6 Å². The molecule has 1 aliphatic rings. The lowest BCUT2D eigenvalue weighted by Crippen LogP contribution is -2.43. The number of aryl methyl sites for hydroxylation is 1. The number of rotatable bonds is 5. The van der Waals surface area contributed by atoms with Crippen molar-refractivity contribution in [2.45, 2.75) is 32.5 Å². The molecule has 1 saturated heterocycles. The van der Waals surface area contributed by atoms with Gasteiger partial charge in [0.25, 0.3) is 0 Å². The first-order valence-corrected chi connectivity index (χ1v) is 8.78. The number of benzene rings is 1. The van der Waals surface area contributed by atoms with E-state index in [-0.39, 0.29) is 12.1 Å². The van der Waals surface area contributed by atoms with Crippen LogP contribution < -0.4 is 10.6 Å². The second-order valence-corrected chi connectivity index (χ2v) is 6.86. The van der Waals surface area contributed by atoms with E-state index in [2.05, 4.69) is 44.8 Å². The Kier molecular flexibility index (Phi) is 5.25. The first kappa shape index (κ1) is 16.0. The second-order valence-electron chi connectivity index (χ2n) is 5.92. The van der Waals surface area contributed by atoms with Gasteiger partial charge in [-0.3, -0.25) is 4.90 Å². The molecular weight excluding hydrogens is 308 g/mol. The normalized spacial score (nSPS) is 18.0. The van der Waals surface area contributed by atoms with Crippen LogP contribution in [0.4, 0.5) is 4.79 Å². The molecule has 0 saturated carbocycles. The SMILES string of the molecule is Cc1csc(CNC(=O)N[C@H]2CCN(Cc3ccccc3)C2)n1. The molecule has 2 N–H and O–H groups in total. The predicted octanol–water partition coefficient (Wildman–Crippen LogP) is 2.53. The average Bonchev–Trinajstić information content (AvgIpc) is 3.15. The van der Waals surface area contributed by atoms with Crippen LogP contribution in [-0.2, 0) is 13.1 Å². The van der Waals surface area contributed by atoms with Crippen LogP contribution in [0.25, 0.3) is 0 Å². The fraction of sp³-hybridized carbons (Fsp3) is 0.412. The van der Waals surface area contributed by atoms with Crippen molar-refractivity contribution in [3.8, 4) is 0 Å². The van der Waals surface area contributed by atoms with E-state index in [9.17, 15) is 4.79 Å². The molecule has 0 bridgehead atoms. The monoisotopic (exact) mass is 330 g/mol. The Hall–Kier alpha value is -1.92. The Labute approximate surface area is 140 Å². The fourth-order valence-electron chi connectivity index (χ4n) is 2.81. The molecule has 6 heteroatoms. The summed E-state index contributed by atoms with van der Waals surface area (Å²) in [6.45, 7) is 5.31. The summed E-state index contributed by atoms with van der Waals surface area (Å²) in [5.41, 5.74) is 2.32. The molecule has 1 aliphatic heterocycles. The van der Waals surface area contributed by atoms with E-state index in [0.29, 0.717) is 6.54 Å². The number of thiazole rings is 1. The summed E-state index contributed by atoms with van der Waals surface area (Å²) in [5, 5.41) is 8.87. The molecule has 2 aromatic rings. The first-order chi connectivity index (χ1) is 11.2. The summed E-state index contributed by atoms with van der Waals surface area (Å²) < 4.78 is 0. The van der Waals surface area contributed by atoms with Crippen molar-refractivity contribution >= 4 is 17.4 Å². The number of hydrogen-bond donors (Lipinski definition) is 2. The zero-order chi connectivity index (χ0) is 16.1. The third-order valence-corrected chi connectivity index (χ3v) is 4.89. The van der Waals surface area contributed by atoms with Gasteiger partial charge in [-0.1, -0.05) is 30.3 Å². The maximum Gasteiger partial charge on any atom is 0.315 e. The number of carbonyl (C=O) groups excluding carboxylic acids is 1. The molecule has 0 radical (unpaired) electrons. The van der Waals surface area contributed by atoms with E-state index < -0.39 is 0 Å². The molecule has 5 nitrogen and oxygen atoms in total. The molecule has 1 aromatic carbocycles. The third-order valence-electron chi connectivity index (χ3n) is 3.92. The lowest BCUT2D eigenvalue weighted by molar-refractivity contribution is 0.235. The number of nitrogens with zero attached hydrogens (tertiary/aromatic N) is 2. The van der Waals surface area contributed by atoms with Gasteiger partial charge in [0.2, 0.25) is 0 Å². The number of nitrogens with one attached hydrogen (secondary N) is 2. The van der Waals surface area contributed by atoms with E-state index in [0.717, 1.165) is 36.8 Å². The van der Waals surface area contributed by atoms with Gasteiger partial charge in [-0.05, 0) is 18.9 Å². The maximum atomic E-state index is 12.0. The highest BCUT2D eigenvalue weighted by atomic mass is 32.1. The van der Waals surface area contributed by atoms with E-state index in [4.69, 9.17) is 0 Å². The van der Waals surface area contributed by atoms with Crippen molar-refractivity contribution < 1.29 is 4.79 Å². The standard InChI is InChI=1S/C17H22N4OS/c1-13-12-23-16(19-13)9-18-17(22)20-15-7-8-21(11-15)10-14-5-3-2-4-6-14/h2-6,12,15H,7-11H2,1H3,(H2,18,20,22)/t15-/m0/s1. The first-order valence-electron chi connectivity index (χ1n) is 7.91. The number of amides is 2. The van der Waals surface area contributed by atoms with E-state index in [1.54, 1.807) is 11.3 Å². The lowest BCUT2D eigenvalue weighted by atomic mass is 10.2. The van der Waals surface area contributed by atoms with Crippen LogP contribution in [0.2, 0.25) is 0 Å². The van der Waals surface area contributed by atoms with Crippen LogP contribution in [0.3, 0.4) is 0 Å². The van der Waals surface area contributed by atoms with Crippen molar-refractivity contribution in [1.82, 2.24) is 20.5 Å². The number of likely N-dealkylation sites (tertiary alicyclic amines) is 1. The summed E-state index contributed by atoms with van der Waals surface area (Å²) in [5.74, 6) is 0. The van der Waals surface area contributed by atoms with Crippen molar-refractivity contribution in [1.29, 1.82) is 0 Å². The number of aromatic nitrogens is 1. The highest BCUT2D eigenvalue weighted by molar-refractivity contribution is 7.09. The van der Waals surface area contributed by atoms with Crippen molar-refractivity contribution in [3.63, 3.8) is 0 Å². The molecule has 1 fully saturated rings. The van der Waals surface area contributed by atoms with Gasteiger partial charge in [-0.2, -0.15) is 0 Å². The van der Waals surface area contributed by atoms with Gasteiger partial charge in [-0.15, -0.1) is 11.3 Å². The Morgan fingerprint density at radius 2 is 2.22 bits per heavy atom. The molecule has 2 amide bonds. The summed E-state index contributed by atoms with van der Waals surface area (Å²) in [7, 11) is 0. The van der Waals surface area contributed by atoms with Crippen LogP contribution in [-0.4, -0.2) is 35.0 Å². The molecular formula is C17H22N4OS. The van der Waals surface area contributed by atoms with Crippen LogP contribution in [0.5, 0.6) is 0 Å². The average molecular weight is 330 g/mol. The maximum absolute atomic E-state index is 12.0. The summed E-state index contributed by atoms with van der Waals surface area (Å²) in [4.78, 5) is 18.7. The second kappa shape index (κ2) is 7.57. The van der Waals surface area contributed by atoms with Gasteiger partial charge in [0.1, 0.15) is 5.01 Å². The van der Waals surface area contributed by atoms with Gasteiger partial charge >= 0.3 is 6.03 Å². The number of urea groups is 1. The number of hydrogen-bond acceptors (Lipinski definition) is 4. The minimum absolute atomic E-state index is 0.107. The van der Waals surface area contributed by atoms with Crippen molar-refractivity contribution in [3.05, 3.63) is 52.0 Å². The van der Waals surface area contributed by atoms with Crippen LogP contribution >= 0.6 is 11.3 Å². The molecule has 0 aliphatic carbocycles. The number of carbonyl (C=O) groups is 1. The minimum Gasteiger partial charge on any atom is -0.334 e. The predicted molar refractivity (Wildman–Crippen MR) is 92.3 cm³/mol. The third kappa shape index (κ3) is 4.77. The molecule has 122 valence electrons. The molecule has 1 aromatic heterocycles. The van der Waals surface area contributed by atoms with E-state index in [1.165, 1.54) is 5.56 Å². The summed E-state index contributed by atoms with van der Waals surface area (Å²) in [6.07, 6.45) is 0.997.